The highest BCUT2D eigenvalue weighted by Crippen LogP contribution is 2.26. The molecule has 2 heterocycles. The van der Waals surface area contributed by atoms with Crippen LogP contribution in [0.3, 0.4) is 0 Å². The Kier molecular flexibility index (Phi) is 2.21. The summed E-state index contributed by atoms with van der Waals surface area (Å²) in [5.74, 6) is 0.962. The molecule has 0 spiro atoms. The van der Waals surface area contributed by atoms with Crippen LogP contribution in [-0.4, -0.2) is 17.0 Å². The van der Waals surface area contributed by atoms with E-state index in [0.717, 1.165) is 10.9 Å². The van der Waals surface area contributed by atoms with Gasteiger partial charge in [0.15, 0.2) is 5.13 Å². The fourth-order valence-electron chi connectivity index (χ4n) is 1.10. The van der Waals surface area contributed by atoms with E-state index in [0.29, 0.717) is 4.88 Å². The molecule has 0 saturated heterocycles. The Hall–Kier alpha value is -1.80. The van der Waals surface area contributed by atoms with Crippen LogP contribution < -0.4 is 4.90 Å². The van der Waals surface area contributed by atoms with Crippen molar-refractivity contribution in [3.05, 3.63) is 29.4 Å². The first-order valence-corrected chi connectivity index (χ1v) is 4.86. The molecule has 1 N–H and O–H groups in total. The van der Waals surface area contributed by atoms with E-state index in [1.54, 1.807) is 6.20 Å². The minimum Gasteiger partial charge on any atom is -0.348 e. The van der Waals surface area contributed by atoms with Gasteiger partial charge in [0, 0.05) is 13.2 Å². The number of rotatable bonds is 2. The number of nitriles is 1. The predicted octanol–water partition coefficient (Wildman–Crippen LogP) is 2.11. The van der Waals surface area contributed by atoms with Crippen molar-refractivity contribution in [3.8, 4) is 6.07 Å². The Labute approximate surface area is 85.4 Å². The molecule has 0 radical (unpaired) electrons. The second kappa shape index (κ2) is 3.52. The molecule has 0 aliphatic heterocycles. The lowest BCUT2D eigenvalue weighted by Gasteiger charge is -2.12. The van der Waals surface area contributed by atoms with Crippen LogP contribution in [0.15, 0.2) is 24.5 Å². The number of nitrogens with one attached hydrogen (secondary N) is 1. The molecule has 2 rings (SSSR count). The molecular formula is C9H8N4S. The van der Waals surface area contributed by atoms with Crippen LogP contribution in [0.5, 0.6) is 0 Å². The van der Waals surface area contributed by atoms with Gasteiger partial charge in [-0.1, -0.05) is 11.3 Å². The highest BCUT2D eigenvalue weighted by molar-refractivity contribution is 7.16. The van der Waals surface area contributed by atoms with Crippen LogP contribution in [0.4, 0.5) is 10.9 Å². The van der Waals surface area contributed by atoms with Gasteiger partial charge in [-0.25, -0.2) is 4.98 Å². The van der Waals surface area contributed by atoms with Gasteiger partial charge >= 0.3 is 0 Å². The van der Waals surface area contributed by atoms with E-state index in [1.807, 2.05) is 30.3 Å². The van der Waals surface area contributed by atoms with Gasteiger partial charge in [0.1, 0.15) is 16.8 Å². The minimum absolute atomic E-state index is 0.624. The summed E-state index contributed by atoms with van der Waals surface area (Å²) in [6, 6.07) is 5.94. The molecule has 0 fully saturated rings. The Morgan fingerprint density at radius 2 is 2.50 bits per heavy atom. The lowest BCUT2D eigenvalue weighted by atomic mass is 10.6. The van der Waals surface area contributed by atoms with Crippen LogP contribution in [0.25, 0.3) is 0 Å². The standard InChI is InChI=1S/C9H8N4S/c1-13(8-3-2-4-11-8)9-12-6-7(5-10)14-9/h2-4,6,11H,1H3. The second-order valence-corrected chi connectivity index (χ2v) is 3.74. The summed E-state index contributed by atoms with van der Waals surface area (Å²) < 4.78 is 0. The summed E-state index contributed by atoms with van der Waals surface area (Å²) in [5.41, 5.74) is 0. The molecular weight excluding hydrogens is 196 g/mol. The van der Waals surface area contributed by atoms with Gasteiger partial charge in [-0.3, -0.25) is 0 Å². The smallest absolute Gasteiger partial charge is 0.191 e. The van der Waals surface area contributed by atoms with Crippen molar-refractivity contribution in [3.63, 3.8) is 0 Å². The lowest BCUT2D eigenvalue weighted by Crippen LogP contribution is -2.08. The molecule has 14 heavy (non-hydrogen) atoms. The van der Waals surface area contributed by atoms with Crippen molar-refractivity contribution in [2.24, 2.45) is 0 Å². The number of thiazole rings is 1. The molecule has 0 bridgehead atoms. The lowest BCUT2D eigenvalue weighted by molar-refractivity contribution is 1.13. The quantitative estimate of drug-likeness (QED) is 0.815. The van der Waals surface area contributed by atoms with Crippen LogP contribution in [0, 0.1) is 11.3 Å². The maximum atomic E-state index is 8.66. The number of hydrogen-bond donors (Lipinski definition) is 1. The fraction of sp³-hybridized carbons (Fsp3) is 0.111. The van der Waals surface area contributed by atoms with Crippen molar-refractivity contribution in [1.82, 2.24) is 9.97 Å². The zero-order valence-corrected chi connectivity index (χ0v) is 8.38. The first-order chi connectivity index (χ1) is 6.81. The number of nitrogens with zero attached hydrogens (tertiary/aromatic N) is 3. The van der Waals surface area contributed by atoms with E-state index < -0.39 is 0 Å². The van der Waals surface area contributed by atoms with Gasteiger partial charge in [0.05, 0.1) is 6.20 Å². The van der Waals surface area contributed by atoms with Gasteiger partial charge in [-0.2, -0.15) is 5.26 Å². The van der Waals surface area contributed by atoms with Crippen LogP contribution in [0.1, 0.15) is 4.88 Å². The summed E-state index contributed by atoms with van der Waals surface area (Å²) >= 11 is 1.37. The highest BCUT2D eigenvalue weighted by atomic mass is 32.1. The van der Waals surface area contributed by atoms with Gasteiger partial charge in [0.2, 0.25) is 0 Å². The molecule has 0 aromatic carbocycles. The largest absolute Gasteiger partial charge is 0.348 e. The summed E-state index contributed by atoms with van der Waals surface area (Å²) in [5, 5.41) is 9.47. The van der Waals surface area contributed by atoms with Gasteiger partial charge in [0.25, 0.3) is 0 Å². The molecule has 0 unspecified atom stereocenters. The Morgan fingerprint density at radius 1 is 1.64 bits per heavy atom. The van der Waals surface area contributed by atoms with E-state index in [2.05, 4.69) is 16.0 Å². The van der Waals surface area contributed by atoms with Crippen LogP contribution in [-0.2, 0) is 0 Å². The molecule has 5 heteroatoms. The predicted molar refractivity (Wildman–Crippen MR) is 55.7 cm³/mol. The van der Waals surface area contributed by atoms with E-state index >= 15 is 0 Å². The van der Waals surface area contributed by atoms with Crippen LogP contribution >= 0.6 is 11.3 Å². The average Bonchev–Trinajstić information content (AvgIpc) is 2.88. The Balaban J connectivity index is 2.28. The van der Waals surface area contributed by atoms with Gasteiger partial charge in [-0.15, -0.1) is 0 Å². The summed E-state index contributed by atoms with van der Waals surface area (Å²) in [6.07, 6.45) is 3.43. The van der Waals surface area contributed by atoms with Gasteiger partial charge < -0.3 is 9.88 Å². The van der Waals surface area contributed by atoms with E-state index in [4.69, 9.17) is 5.26 Å². The third-order valence-electron chi connectivity index (χ3n) is 1.83. The van der Waals surface area contributed by atoms with Crippen molar-refractivity contribution in [2.75, 3.05) is 11.9 Å². The molecule has 0 aliphatic carbocycles. The number of H-pyrrole nitrogens is 1. The second-order valence-electron chi connectivity index (χ2n) is 2.73. The normalized spacial score (nSPS) is 9.71. The zero-order chi connectivity index (χ0) is 9.97. The number of aromatic nitrogens is 2. The van der Waals surface area contributed by atoms with Crippen molar-refractivity contribution < 1.29 is 0 Å². The Bertz CT molecular complexity index is 451. The molecule has 0 saturated carbocycles. The van der Waals surface area contributed by atoms with Crippen molar-refractivity contribution >= 4 is 22.3 Å². The molecule has 70 valence electrons. The molecule has 0 aliphatic rings. The fourth-order valence-corrected chi connectivity index (χ4v) is 1.79. The van der Waals surface area contributed by atoms with Crippen molar-refractivity contribution in [2.45, 2.75) is 0 Å². The van der Waals surface area contributed by atoms with Crippen molar-refractivity contribution in [1.29, 1.82) is 5.26 Å². The highest BCUT2D eigenvalue weighted by Gasteiger charge is 2.08. The number of aromatic amines is 1. The Morgan fingerprint density at radius 3 is 3.07 bits per heavy atom. The molecule has 2 aromatic heterocycles. The zero-order valence-electron chi connectivity index (χ0n) is 7.56. The maximum Gasteiger partial charge on any atom is 0.191 e. The first-order valence-electron chi connectivity index (χ1n) is 4.04. The monoisotopic (exact) mass is 204 g/mol. The minimum atomic E-state index is 0.624. The summed E-state index contributed by atoms with van der Waals surface area (Å²) in [4.78, 5) is 9.75. The maximum absolute atomic E-state index is 8.66. The molecule has 2 aromatic rings. The van der Waals surface area contributed by atoms with Crippen LogP contribution in [0.2, 0.25) is 0 Å². The molecule has 0 amide bonds. The molecule has 0 atom stereocenters. The van der Waals surface area contributed by atoms with E-state index in [-0.39, 0.29) is 0 Å². The third-order valence-corrected chi connectivity index (χ3v) is 2.81. The number of hydrogen-bond acceptors (Lipinski definition) is 4. The van der Waals surface area contributed by atoms with E-state index in [1.165, 1.54) is 11.3 Å². The topological polar surface area (TPSA) is 55.7 Å². The third kappa shape index (κ3) is 1.47. The van der Waals surface area contributed by atoms with E-state index in [9.17, 15) is 0 Å². The summed E-state index contributed by atoms with van der Waals surface area (Å²) in [7, 11) is 1.91. The SMILES string of the molecule is CN(c1ccc[nH]1)c1ncc(C#N)s1. The molecule has 4 nitrogen and oxygen atoms in total. The first kappa shape index (κ1) is 8.78. The number of anilines is 2. The van der Waals surface area contributed by atoms with Gasteiger partial charge in [-0.05, 0) is 12.1 Å². The summed E-state index contributed by atoms with van der Waals surface area (Å²) in [6.45, 7) is 0. The average molecular weight is 204 g/mol.